The summed E-state index contributed by atoms with van der Waals surface area (Å²) < 4.78 is 18.7. The van der Waals surface area contributed by atoms with Crippen LogP contribution >= 0.6 is 0 Å². The second-order valence-corrected chi connectivity index (χ2v) is 5.48. The Morgan fingerprint density at radius 1 is 1.15 bits per heavy atom. The molecule has 0 fully saturated rings. The predicted octanol–water partition coefficient (Wildman–Crippen LogP) is 4.15. The molecular weight excluding hydrogens is 351 g/mol. The van der Waals surface area contributed by atoms with Crippen LogP contribution in [-0.4, -0.2) is 16.1 Å². The van der Waals surface area contributed by atoms with Crippen molar-refractivity contribution in [3.63, 3.8) is 0 Å². The molecule has 0 radical (unpaired) electrons. The van der Waals surface area contributed by atoms with Crippen molar-refractivity contribution in [2.45, 2.75) is 6.61 Å². The normalized spacial score (nSPS) is 10.7. The van der Waals surface area contributed by atoms with Crippen LogP contribution in [0.1, 0.15) is 11.1 Å². The summed E-state index contributed by atoms with van der Waals surface area (Å²) in [6.45, 7) is 0.294. The van der Waals surface area contributed by atoms with E-state index in [0.29, 0.717) is 18.2 Å². The Labute approximate surface area is 154 Å². The van der Waals surface area contributed by atoms with E-state index in [4.69, 9.17) is 4.74 Å². The maximum absolute atomic E-state index is 13.0. The zero-order valence-corrected chi connectivity index (χ0v) is 14.1. The van der Waals surface area contributed by atoms with Crippen LogP contribution in [0.15, 0.2) is 72.0 Å². The van der Waals surface area contributed by atoms with Crippen molar-refractivity contribution in [1.29, 1.82) is 0 Å². The molecule has 0 bridgehead atoms. The number of rotatable bonds is 7. The van der Waals surface area contributed by atoms with E-state index in [9.17, 15) is 14.5 Å². The van der Waals surface area contributed by atoms with E-state index in [1.807, 2.05) is 18.2 Å². The van der Waals surface area contributed by atoms with Gasteiger partial charge in [0.05, 0.1) is 11.1 Å². The largest absolute Gasteiger partial charge is 0.488 e. The third-order valence-electron chi connectivity index (χ3n) is 3.57. The van der Waals surface area contributed by atoms with Gasteiger partial charge in [0.25, 0.3) is 5.69 Å². The van der Waals surface area contributed by atoms with Crippen molar-refractivity contribution < 1.29 is 14.1 Å². The summed E-state index contributed by atoms with van der Waals surface area (Å²) in [5.74, 6) is 0.697. The van der Waals surface area contributed by atoms with Gasteiger partial charge in [-0.1, -0.05) is 24.3 Å². The van der Waals surface area contributed by atoms with E-state index in [-0.39, 0.29) is 11.5 Å². The van der Waals surface area contributed by atoms with Gasteiger partial charge in [0.2, 0.25) is 0 Å². The summed E-state index contributed by atoms with van der Waals surface area (Å²) >= 11 is 0. The number of nitro groups is 1. The summed E-state index contributed by atoms with van der Waals surface area (Å²) in [5, 5.41) is 14.7. The standard InChI is InChI=1S/C19H15FN4O3/c20-16-7-5-14(6-8-16)13-27-18-4-2-1-3-15(18)11-22-23-19-10-9-17(12-21-19)24(25)26/h1-12H,13H2,(H,21,23)/b22-11+. The fourth-order valence-electron chi connectivity index (χ4n) is 2.19. The smallest absolute Gasteiger partial charge is 0.287 e. The number of ether oxygens (including phenoxy) is 1. The first-order valence-corrected chi connectivity index (χ1v) is 7.97. The van der Waals surface area contributed by atoms with Gasteiger partial charge in [-0.2, -0.15) is 5.10 Å². The molecule has 2 aromatic carbocycles. The van der Waals surface area contributed by atoms with Crippen LogP contribution in [0, 0.1) is 15.9 Å². The summed E-state index contributed by atoms with van der Waals surface area (Å²) in [5.41, 5.74) is 4.19. The number of pyridine rings is 1. The Kier molecular flexibility index (Phi) is 5.68. The monoisotopic (exact) mass is 366 g/mol. The minimum absolute atomic E-state index is 0.0935. The van der Waals surface area contributed by atoms with E-state index in [1.165, 1.54) is 24.3 Å². The van der Waals surface area contributed by atoms with Gasteiger partial charge in [-0.15, -0.1) is 0 Å². The first-order valence-electron chi connectivity index (χ1n) is 7.97. The van der Waals surface area contributed by atoms with Crippen molar-refractivity contribution in [1.82, 2.24) is 4.98 Å². The number of hydrazone groups is 1. The fraction of sp³-hybridized carbons (Fsp3) is 0.0526. The molecular formula is C19H15FN4O3. The number of hydrogen-bond acceptors (Lipinski definition) is 6. The van der Waals surface area contributed by atoms with E-state index in [1.54, 1.807) is 24.4 Å². The highest BCUT2D eigenvalue weighted by Crippen LogP contribution is 2.18. The third-order valence-corrected chi connectivity index (χ3v) is 3.57. The van der Waals surface area contributed by atoms with Crippen molar-refractivity contribution in [2.24, 2.45) is 5.10 Å². The van der Waals surface area contributed by atoms with E-state index in [2.05, 4.69) is 15.5 Å². The predicted molar refractivity (Wildman–Crippen MR) is 99.3 cm³/mol. The molecule has 27 heavy (non-hydrogen) atoms. The van der Waals surface area contributed by atoms with Crippen LogP contribution in [0.25, 0.3) is 0 Å². The van der Waals surface area contributed by atoms with Gasteiger partial charge in [-0.25, -0.2) is 9.37 Å². The van der Waals surface area contributed by atoms with Crippen LogP contribution in [-0.2, 0) is 6.61 Å². The number of halogens is 1. The molecule has 0 unspecified atom stereocenters. The van der Waals surface area contributed by atoms with E-state index < -0.39 is 4.92 Å². The summed E-state index contributed by atoms with van der Waals surface area (Å²) in [7, 11) is 0. The summed E-state index contributed by atoms with van der Waals surface area (Å²) in [6.07, 6.45) is 2.71. The number of nitrogens with zero attached hydrogens (tertiary/aromatic N) is 3. The molecule has 136 valence electrons. The van der Waals surface area contributed by atoms with Crippen molar-refractivity contribution in [3.8, 4) is 5.75 Å². The molecule has 0 spiro atoms. The number of hydrogen-bond donors (Lipinski definition) is 1. The molecule has 3 rings (SSSR count). The highest BCUT2D eigenvalue weighted by molar-refractivity contribution is 5.83. The van der Waals surface area contributed by atoms with E-state index in [0.717, 1.165) is 17.3 Å². The van der Waals surface area contributed by atoms with Crippen LogP contribution in [0.2, 0.25) is 0 Å². The van der Waals surface area contributed by atoms with Crippen molar-refractivity contribution in [2.75, 3.05) is 5.43 Å². The minimum atomic E-state index is -0.519. The average Bonchev–Trinajstić information content (AvgIpc) is 2.69. The lowest BCUT2D eigenvalue weighted by atomic mass is 10.2. The van der Waals surface area contributed by atoms with Gasteiger partial charge in [0.1, 0.15) is 30.2 Å². The van der Waals surface area contributed by atoms with Gasteiger partial charge in [0, 0.05) is 11.6 Å². The Balaban J connectivity index is 1.63. The summed E-state index contributed by atoms with van der Waals surface area (Å²) in [6, 6.07) is 16.2. The van der Waals surface area contributed by atoms with E-state index >= 15 is 0 Å². The van der Waals surface area contributed by atoms with Gasteiger partial charge >= 0.3 is 0 Å². The molecule has 1 heterocycles. The second kappa shape index (κ2) is 8.52. The Morgan fingerprint density at radius 3 is 2.63 bits per heavy atom. The molecule has 0 aliphatic carbocycles. The van der Waals surface area contributed by atoms with Gasteiger partial charge < -0.3 is 4.74 Å². The lowest BCUT2D eigenvalue weighted by Crippen LogP contribution is -1.99. The first kappa shape index (κ1) is 18.0. The molecule has 0 amide bonds. The maximum Gasteiger partial charge on any atom is 0.287 e. The highest BCUT2D eigenvalue weighted by atomic mass is 19.1. The lowest BCUT2D eigenvalue weighted by Gasteiger charge is -2.09. The van der Waals surface area contributed by atoms with Crippen LogP contribution in [0.3, 0.4) is 0 Å². The number of nitrogens with one attached hydrogen (secondary N) is 1. The Morgan fingerprint density at radius 2 is 1.93 bits per heavy atom. The molecule has 0 saturated heterocycles. The summed E-state index contributed by atoms with van der Waals surface area (Å²) in [4.78, 5) is 14.0. The molecule has 1 aromatic heterocycles. The Bertz CT molecular complexity index is 944. The lowest BCUT2D eigenvalue weighted by molar-refractivity contribution is -0.385. The van der Waals surface area contributed by atoms with Crippen LogP contribution < -0.4 is 10.2 Å². The molecule has 0 aliphatic rings. The molecule has 7 nitrogen and oxygen atoms in total. The fourth-order valence-corrected chi connectivity index (χ4v) is 2.19. The molecule has 0 atom stereocenters. The zero-order valence-electron chi connectivity index (χ0n) is 14.1. The van der Waals surface area contributed by atoms with Gasteiger partial charge in [0.15, 0.2) is 0 Å². The molecule has 1 N–H and O–H groups in total. The van der Waals surface area contributed by atoms with Crippen LogP contribution in [0.5, 0.6) is 5.75 Å². The molecule has 3 aromatic rings. The number of anilines is 1. The minimum Gasteiger partial charge on any atom is -0.488 e. The number of para-hydroxylation sites is 1. The Hall–Kier alpha value is -3.81. The maximum atomic E-state index is 13.0. The molecule has 0 saturated carbocycles. The van der Waals surface area contributed by atoms with Gasteiger partial charge in [-0.05, 0) is 35.9 Å². The SMILES string of the molecule is O=[N+]([O-])c1ccc(N/N=C/c2ccccc2OCc2ccc(F)cc2)nc1. The first-order chi connectivity index (χ1) is 13.1. The average molecular weight is 366 g/mol. The molecule has 0 aliphatic heterocycles. The number of benzene rings is 2. The third kappa shape index (κ3) is 5.08. The topological polar surface area (TPSA) is 89.7 Å². The number of aromatic nitrogens is 1. The quantitative estimate of drug-likeness (QED) is 0.385. The highest BCUT2D eigenvalue weighted by Gasteiger charge is 2.05. The van der Waals surface area contributed by atoms with Crippen molar-refractivity contribution >= 4 is 17.7 Å². The van der Waals surface area contributed by atoms with Gasteiger partial charge in [-0.3, -0.25) is 15.5 Å². The zero-order chi connectivity index (χ0) is 19.1. The van der Waals surface area contributed by atoms with Crippen molar-refractivity contribution in [3.05, 3.63) is 93.9 Å². The second-order valence-electron chi connectivity index (χ2n) is 5.48. The van der Waals surface area contributed by atoms with Crippen LogP contribution in [0.4, 0.5) is 15.9 Å². The molecule has 8 heteroatoms.